The number of esters is 1. The van der Waals surface area contributed by atoms with E-state index >= 15 is 0 Å². The zero-order chi connectivity index (χ0) is 51.9. The molecule has 0 aliphatic carbocycles. The number of nitrogens with one attached hydrogen (secondary N) is 1. The molecule has 18 heteroatoms. The first-order valence-electron chi connectivity index (χ1n) is 26.8. The molecule has 0 aromatic heterocycles. The molecule has 71 heavy (non-hydrogen) atoms. The summed E-state index contributed by atoms with van der Waals surface area (Å²) in [7, 11) is 0. The van der Waals surface area contributed by atoms with Gasteiger partial charge in [0.25, 0.3) is 0 Å². The van der Waals surface area contributed by atoms with Crippen LogP contribution in [0.15, 0.2) is 30.1 Å². The van der Waals surface area contributed by atoms with Gasteiger partial charge in [-0.1, -0.05) is 125 Å². The van der Waals surface area contributed by atoms with Gasteiger partial charge in [-0.3, -0.25) is 0 Å². The van der Waals surface area contributed by atoms with Crippen LogP contribution in [0.1, 0.15) is 161 Å². The minimum absolute atomic E-state index is 0.0780. The second-order valence-corrected chi connectivity index (χ2v) is 19.6. The summed E-state index contributed by atoms with van der Waals surface area (Å²) >= 11 is 0. The summed E-state index contributed by atoms with van der Waals surface area (Å²) in [5.41, 5.74) is 6.35. The molecule has 2 fully saturated rings. The average Bonchev–Trinajstić information content (AvgIpc) is 3.36. The number of hydrogen-bond donors (Lipinski definition) is 8. The van der Waals surface area contributed by atoms with Crippen LogP contribution in [0.25, 0.3) is 0 Å². The van der Waals surface area contributed by atoms with E-state index in [1.807, 2.05) is 0 Å². The van der Waals surface area contributed by atoms with Gasteiger partial charge in [0, 0.05) is 37.4 Å². The summed E-state index contributed by atoms with van der Waals surface area (Å²) in [5, 5.41) is 68.0. The Balaban J connectivity index is 1.55. The molecule has 0 bridgehead atoms. The Labute approximate surface area is 424 Å². The highest BCUT2D eigenvalue weighted by Crippen LogP contribution is 2.30. The van der Waals surface area contributed by atoms with E-state index in [1.165, 1.54) is 69.7 Å². The lowest BCUT2D eigenvalue weighted by atomic mass is 9.94. The number of ether oxygens (including phenoxy) is 9. The Bertz CT molecular complexity index is 1520. The monoisotopic (exact) mass is 1010 g/mol. The van der Waals surface area contributed by atoms with Crippen molar-refractivity contribution >= 4 is 5.97 Å². The minimum atomic E-state index is -1.86. The molecule has 0 saturated carbocycles. The molecular formula is C53H94N2O16. The third-order valence-corrected chi connectivity index (χ3v) is 12.6. The molecule has 1 aromatic rings. The standard InChI is InChI=1S/C53H94N2O16/c1-6-10-14-16-18-22-24-63-35-53(5,36-64-25-23-19-17-15-11-7-2)37-65-33-39(54)31-55-32-42-44(56)46(58)48(60)51(69-42)71-52-49(61)47(59)45(57)43(70-52)34-68-50(62)38-28-40(66-26-20-12-8-3)30-41(29-38)67-27-21-13-9-4/h28-31,42-49,51-52,55-61H,6-27,32-37,54H2,1-5H3/b39-31-. The highest BCUT2D eigenvalue weighted by atomic mass is 16.8. The van der Waals surface area contributed by atoms with Gasteiger partial charge in [-0.15, -0.1) is 0 Å². The molecule has 10 unspecified atom stereocenters. The maximum absolute atomic E-state index is 13.4. The fourth-order valence-electron chi connectivity index (χ4n) is 8.17. The van der Waals surface area contributed by atoms with Crippen molar-refractivity contribution in [3.05, 3.63) is 35.7 Å². The van der Waals surface area contributed by atoms with E-state index < -0.39 is 79.4 Å². The van der Waals surface area contributed by atoms with Crippen molar-refractivity contribution in [1.29, 1.82) is 0 Å². The van der Waals surface area contributed by atoms with E-state index in [9.17, 15) is 35.4 Å². The first-order chi connectivity index (χ1) is 34.3. The average molecular weight is 1020 g/mol. The quantitative estimate of drug-likeness (QED) is 0.0286. The van der Waals surface area contributed by atoms with Crippen LogP contribution in [0.4, 0.5) is 0 Å². The molecular weight excluding hydrogens is 921 g/mol. The SMILES string of the molecule is CCCCCCCCOCC(C)(COCCCCCCCC)COC/C(N)=C/NCC1OC(OC2OC(COC(=O)c3cc(OCCCCC)cc(OCCCCC)c3)C(O)C(O)C2O)C(O)C(O)C1O. The van der Waals surface area contributed by atoms with Crippen LogP contribution in [-0.2, 0) is 33.2 Å². The number of aliphatic hydroxyl groups is 6. The first kappa shape index (κ1) is 62.4. The summed E-state index contributed by atoms with van der Waals surface area (Å²) in [6, 6.07) is 4.77. The Hall–Kier alpha value is -2.85. The van der Waals surface area contributed by atoms with Crippen LogP contribution in [0, 0.1) is 5.41 Å². The smallest absolute Gasteiger partial charge is 0.338 e. The number of hydrogen-bond acceptors (Lipinski definition) is 18. The van der Waals surface area contributed by atoms with Gasteiger partial charge in [-0.25, -0.2) is 4.79 Å². The second-order valence-electron chi connectivity index (χ2n) is 19.6. The number of unbranched alkanes of at least 4 members (excludes halogenated alkanes) is 14. The van der Waals surface area contributed by atoms with Crippen LogP contribution in [-0.4, -0.2) is 164 Å². The number of carbonyl (C=O) groups is 1. The van der Waals surface area contributed by atoms with E-state index in [0.29, 0.717) is 63.4 Å². The van der Waals surface area contributed by atoms with Crippen molar-refractivity contribution in [2.75, 3.05) is 66.0 Å². The van der Waals surface area contributed by atoms with Crippen LogP contribution < -0.4 is 20.5 Å². The van der Waals surface area contributed by atoms with Gasteiger partial charge in [-0.05, 0) is 37.8 Å². The van der Waals surface area contributed by atoms with Crippen molar-refractivity contribution in [2.45, 2.75) is 212 Å². The molecule has 18 nitrogen and oxygen atoms in total. The van der Waals surface area contributed by atoms with Crippen molar-refractivity contribution in [3.8, 4) is 11.5 Å². The molecule has 2 saturated heterocycles. The Morgan fingerprint density at radius 1 is 0.592 bits per heavy atom. The van der Waals surface area contributed by atoms with Gasteiger partial charge in [0.05, 0.1) is 50.9 Å². The van der Waals surface area contributed by atoms with Crippen molar-refractivity contribution < 1.29 is 78.1 Å². The van der Waals surface area contributed by atoms with Gasteiger partial charge in [0.2, 0.25) is 0 Å². The van der Waals surface area contributed by atoms with E-state index in [1.54, 1.807) is 6.07 Å². The van der Waals surface area contributed by atoms with Crippen LogP contribution >= 0.6 is 0 Å². The van der Waals surface area contributed by atoms with E-state index in [0.717, 1.165) is 64.2 Å². The van der Waals surface area contributed by atoms with Gasteiger partial charge in [0.15, 0.2) is 12.6 Å². The Kier molecular flexibility index (Phi) is 31.8. The largest absolute Gasteiger partial charge is 0.493 e. The Morgan fingerprint density at radius 2 is 1.03 bits per heavy atom. The molecule has 9 N–H and O–H groups in total. The van der Waals surface area contributed by atoms with Crippen molar-refractivity contribution in [1.82, 2.24) is 5.32 Å². The normalized spacial score (nSPS) is 25.0. The highest BCUT2D eigenvalue weighted by Gasteiger charge is 2.50. The maximum Gasteiger partial charge on any atom is 0.338 e. The predicted molar refractivity (Wildman–Crippen MR) is 269 cm³/mol. The lowest BCUT2D eigenvalue weighted by Gasteiger charge is -2.45. The molecule has 2 aliphatic rings. The zero-order valence-electron chi connectivity index (χ0n) is 43.7. The first-order valence-corrected chi connectivity index (χ1v) is 26.8. The number of rotatable bonds is 40. The summed E-state index contributed by atoms with van der Waals surface area (Å²) in [6.07, 6.45) is 4.79. The molecule has 412 valence electrons. The lowest BCUT2D eigenvalue weighted by Crippen LogP contribution is -2.64. The topological polar surface area (TPSA) is 260 Å². The van der Waals surface area contributed by atoms with Crippen LogP contribution in [0.3, 0.4) is 0 Å². The van der Waals surface area contributed by atoms with E-state index in [4.69, 9.17) is 48.4 Å². The van der Waals surface area contributed by atoms with Crippen LogP contribution in [0.2, 0.25) is 0 Å². The number of aliphatic hydroxyl groups excluding tert-OH is 6. The van der Waals surface area contributed by atoms with E-state index in [-0.39, 0.29) is 18.7 Å². The summed E-state index contributed by atoms with van der Waals surface area (Å²) in [5.74, 6) is 0.0637. The zero-order valence-corrected chi connectivity index (χ0v) is 43.7. The fraction of sp³-hybridized carbons (Fsp3) is 0.830. The molecule has 3 rings (SSSR count). The number of benzene rings is 1. The summed E-state index contributed by atoms with van der Waals surface area (Å²) in [6.45, 7) is 13.6. The summed E-state index contributed by atoms with van der Waals surface area (Å²) in [4.78, 5) is 13.4. The van der Waals surface area contributed by atoms with Crippen LogP contribution in [0.5, 0.6) is 11.5 Å². The Morgan fingerprint density at radius 3 is 1.55 bits per heavy atom. The number of nitrogens with two attached hydrogens (primary N) is 1. The third-order valence-electron chi connectivity index (χ3n) is 12.6. The van der Waals surface area contributed by atoms with Crippen molar-refractivity contribution in [2.24, 2.45) is 11.1 Å². The molecule has 1 aromatic carbocycles. The summed E-state index contributed by atoms with van der Waals surface area (Å²) < 4.78 is 53.0. The van der Waals surface area contributed by atoms with Gasteiger partial charge in [-0.2, -0.15) is 0 Å². The van der Waals surface area contributed by atoms with Gasteiger partial charge >= 0.3 is 5.97 Å². The molecule has 10 atom stereocenters. The fourth-order valence-corrected chi connectivity index (χ4v) is 8.17. The molecule has 2 heterocycles. The molecule has 0 spiro atoms. The highest BCUT2D eigenvalue weighted by molar-refractivity contribution is 5.90. The maximum atomic E-state index is 13.4. The lowest BCUT2D eigenvalue weighted by molar-refractivity contribution is -0.374. The van der Waals surface area contributed by atoms with Gasteiger partial charge in [0.1, 0.15) is 66.9 Å². The second kappa shape index (κ2) is 36.2. The third kappa shape index (κ3) is 23.9. The predicted octanol–water partition coefficient (Wildman–Crippen LogP) is 5.78. The van der Waals surface area contributed by atoms with Gasteiger partial charge < -0.3 is 84.3 Å². The van der Waals surface area contributed by atoms with E-state index in [2.05, 4.69) is 39.9 Å². The molecule has 0 radical (unpaired) electrons. The minimum Gasteiger partial charge on any atom is -0.493 e. The van der Waals surface area contributed by atoms with Crippen molar-refractivity contribution in [3.63, 3.8) is 0 Å². The molecule has 2 aliphatic heterocycles. The molecule has 0 amide bonds. The number of carbonyl (C=O) groups excluding carboxylic acids is 1.